The van der Waals surface area contributed by atoms with Crippen molar-refractivity contribution in [3.05, 3.63) is 59.3 Å². The fourth-order valence-corrected chi connectivity index (χ4v) is 7.51. The van der Waals surface area contributed by atoms with Crippen LogP contribution in [0.25, 0.3) is 10.9 Å². The van der Waals surface area contributed by atoms with Gasteiger partial charge in [0.05, 0.1) is 39.8 Å². The van der Waals surface area contributed by atoms with Crippen LogP contribution < -0.4 is 4.74 Å². The summed E-state index contributed by atoms with van der Waals surface area (Å²) in [7, 11) is -2.20. The average molecular weight is 516 g/mol. The number of rotatable bonds is 5. The summed E-state index contributed by atoms with van der Waals surface area (Å²) in [4.78, 5) is 8.96. The van der Waals surface area contributed by atoms with Crippen molar-refractivity contribution in [1.82, 2.24) is 9.97 Å². The maximum Gasteiger partial charge on any atom is 0.152 e. The molecular weight excluding hydrogens is 488 g/mol. The molecule has 1 aromatic heterocycles. The summed E-state index contributed by atoms with van der Waals surface area (Å²) in [6.45, 7) is 2.11. The lowest BCUT2D eigenvalue weighted by Crippen LogP contribution is -2.34. The highest BCUT2D eigenvalue weighted by molar-refractivity contribution is 7.93. The van der Waals surface area contributed by atoms with E-state index in [9.17, 15) is 13.0 Å². The molecule has 0 aliphatic carbocycles. The monoisotopic (exact) mass is 515 g/mol. The number of benzene rings is 2. The highest BCUT2D eigenvalue weighted by Gasteiger charge is 2.49. The van der Waals surface area contributed by atoms with Gasteiger partial charge in [-0.1, -0.05) is 6.07 Å². The van der Waals surface area contributed by atoms with Crippen molar-refractivity contribution in [2.24, 2.45) is 4.36 Å². The van der Waals surface area contributed by atoms with Gasteiger partial charge in [-0.15, -0.1) is 0 Å². The van der Waals surface area contributed by atoms with Gasteiger partial charge >= 0.3 is 0 Å². The molecule has 0 bridgehead atoms. The number of ether oxygens (including phenoxy) is 3. The van der Waals surface area contributed by atoms with Crippen molar-refractivity contribution in [2.75, 3.05) is 24.7 Å². The van der Waals surface area contributed by atoms with E-state index in [-0.39, 0.29) is 13.2 Å². The van der Waals surface area contributed by atoms with Gasteiger partial charge in [-0.05, 0) is 43.5 Å². The number of fused-ring (bicyclic) bond motifs is 2. The lowest BCUT2D eigenvalue weighted by Gasteiger charge is -2.20. The van der Waals surface area contributed by atoms with Crippen LogP contribution >= 0.6 is 0 Å². The molecule has 0 N–H and O–H groups in total. The predicted octanol–water partition coefficient (Wildman–Crippen LogP) is 4.44. The first-order valence-electron chi connectivity index (χ1n) is 12.2. The standard InChI is InChI=1S/C26H27F2N3O4S/c1-15-8-18(31-36(32)6-2-3-7-36)11-21-24(15)20(29-14-30-21)9-16-4-5-17(27)10-22(16)35-23-13-34-25-19(28)12-33-26(23)25/h4-5,8,10-11,14,19,23,25-26H,2-3,6-7,9,12-13H2,1H3/t19-,23+,25+,26+/m0/s1. The zero-order valence-electron chi connectivity index (χ0n) is 19.9. The lowest BCUT2D eigenvalue weighted by atomic mass is 10.0. The molecule has 4 atom stereocenters. The number of hydrogen-bond donors (Lipinski definition) is 0. The van der Waals surface area contributed by atoms with E-state index in [2.05, 4.69) is 14.3 Å². The Morgan fingerprint density at radius 1 is 1.11 bits per heavy atom. The summed E-state index contributed by atoms with van der Waals surface area (Å²) < 4.78 is 62.8. The minimum absolute atomic E-state index is 0.0271. The predicted molar refractivity (Wildman–Crippen MR) is 131 cm³/mol. The second-order valence-electron chi connectivity index (χ2n) is 9.65. The van der Waals surface area contributed by atoms with Gasteiger partial charge in [0.25, 0.3) is 0 Å². The summed E-state index contributed by atoms with van der Waals surface area (Å²) in [6.07, 6.45) is 0.860. The molecule has 0 amide bonds. The first kappa shape index (κ1) is 23.7. The van der Waals surface area contributed by atoms with Gasteiger partial charge in [-0.25, -0.2) is 23.0 Å². The third kappa shape index (κ3) is 4.46. The number of nitrogens with zero attached hydrogens (tertiary/aromatic N) is 3. The van der Waals surface area contributed by atoms with Crippen molar-refractivity contribution in [3.8, 4) is 5.75 Å². The van der Waals surface area contributed by atoms with E-state index < -0.39 is 40.0 Å². The van der Waals surface area contributed by atoms with E-state index in [0.29, 0.717) is 34.9 Å². The second-order valence-corrected chi connectivity index (χ2v) is 12.2. The van der Waals surface area contributed by atoms with Crippen molar-refractivity contribution < 1.29 is 27.2 Å². The molecule has 10 heteroatoms. The molecule has 0 radical (unpaired) electrons. The minimum Gasteiger partial charge on any atom is -0.485 e. The summed E-state index contributed by atoms with van der Waals surface area (Å²) >= 11 is 0. The Morgan fingerprint density at radius 2 is 1.92 bits per heavy atom. The molecule has 3 aromatic rings. The first-order chi connectivity index (χ1) is 17.4. The van der Waals surface area contributed by atoms with Crippen LogP contribution in [0, 0.1) is 12.7 Å². The summed E-state index contributed by atoms with van der Waals surface area (Å²) in [5.41, 5.74) is 3.79. The van der Waals surface area contributed by atoms with Crippen LogP contribution in [-0.4, -0.2) is 63.4 Å². The van der Waals surface area contributed by atoms with Crippen LogP contribution in [0.3, 0.4) is 0 Å². The molecule has 3 saturated heterocycles. The Morgan fingerprint density at radius 3 is 2.75 bits per heavy atom. The number of aromatic nitrogens is 2. The van der Waals surface area contributed by atoms with Crippen LogP contribution in [0.5, 0.6) is 5.75 Å². The molecule has 6 rings (SSSR count). The normalized spacial score (nSPS) is 26.9. The van der Waals surface area contributed by atoms with Gasteiger partial charge in [0.1, 0.15) is 30.1 Å². The first-order valence-corrected chi connectivity index (χ1v) is 14.0. The fourth-order valence-electron chi connectivity index (χ4n) is 5.33. The SMILES string of the molecule is Cc1cc(N=S2(=O)CCCC2)cc2ncnc(Cc3ccc(F)cc3O[C@@H]3CO[C@H]4[C@@H]3OC[C@@H]4F)c12. The number of hydrogen-bond acceptors (Lipinski definition) is 7. The van der Waals surface area contributed by atoms with E-state index in [1.54, 1.807) is 6.07 Å². The summed E-state index contributed by atoms with van der Waals surface area (Å²) in [6, 6.07) is 8.15. The van der Waals surface area contributed by atoms with Crippen LogP contribution in [0.15, 0.2) is 41.0 Å². The van der Waals surface area contributed by atoms with E-state index in [1.807, 2.05) is 19.1 Å². The molecule has 2 aromatic carbocycles. The molecule has 3 aliphatic heterocycles. The van der Waals surface area contributed by atoms with Crippen LogP contribution in [-0.2, 0) is 25.6 Å². The number of aryl methyl sites for hydroxylation is 1. The lowest BCUT2D eigenvalue weighted by molar-refractivity contribution is 0.0276. The van der Waals surface area contributed by atoms with Crippen molar-refractivity contribution in [2.45, 2.75) is 50.7 Å². The van der Waals surface area contributed by atoms with Gasteiger partial charge in [-0.3, -0.25) is 0 Å². The maximum absolute atomic E-state index is 14.2. The summed E-state index contributed by atoms with van der Waals surface area (Å²) in [5, 5.41) is 0.872. The number of alkyl halides is 1. The minimum atomic E-state index is -2.20. The Hall–Kier alpha value is -2.69. The highest BCUT2D eigenvalue weighted by atomic mass is 32.2. The smallest absolute Gasteiger partial charge is 0.152 e. The van der Waals surface area contributed by atoms with Gasteiger partial charge in [0.2, 0.25) is 0 Å². The van der Waals surface area contributed by atoms with Gasteiger partial charge in [0.15, 0.2) is 12.3 Å². The molecule has 36 heavy (non-hydrogen) atoms. The van der Waals surface area contributed by atoms with Gasteiger partial charge in [0, 0.05) is 34.9 Å². The zero-order chi connectivity index (χ0) is 24.9. The summed E-state index contributed by atoms with van der Waals surface area (Å²) in [5.74, 6) is 1.19. The third-order valence-electron chi connectivity index (χ3n) is 7.06. The van der Waals surface area contributed by atoms with Gasteiger partial charge in [-0.2, -0.15) is 4.36 Å². The molecule has 4 heterocycles. The van der Waals surface area contributed by atoms with Crippen LogP contribution in [0.2, 0.25) is 0 Å². The molecular formula is C26H27F2N3O4S. The van der Waals surface area contributed by atoms with Gasteiger partial charge < -0.3 is 14.2 Å². The molecule has 0 unspecified atom stereocenters. The van der Waals surface area contributed by atoms with Crippen molar-refractivity contribution in [3.63, 3.8) is 0 Å². The average Bonchev–Trinajstić information content (AvgIpc) is 3.54. The van der Waals surface area contributed by atoms with E-state index in [0.717, 1.165) is 35.0 Å². The third-order valence-corrected chi connectivity index (χ3v) is 9.46. The van der Waals surface area contributed by atoms with E-state index in [1.165, 1.54) is 18.5 Å². The fraction of sp³-hybridized carbons (Fsp3) is 0.462. The molecule has 3 aliphatic rings. The quantitative estimate of drug-likeness (QED) is 0.500. The largest absolute Gasteiger partial charge is 0.485 e. The van der Waals surface area contributed by atoms with E-state index >= 15 is 0 Å². The van der Waals surface area contributed by atoms with Crippen molar-refractivity contribution in [1.29, 1.82) is 0 Å². The zero-order valence-corrected chi connectivity index (χ0v) is 20.7. The molecule has 0 saturated carbocycles. The molecule has 7 nitrogen and oxygen atoms in total. The molecule has 190 valence electrons. The second kappa shape index (κ2) is 9.32. The Labute approximate surface area is 208 Å². The maximum atomic E-state index is 14.2. The Balaban J connectivity index is 1.32. The number of halogens is 2. The van der Waals surface area contributed by atoms with Crippen LogP contribution in [0.1, 0.15) is 29.7 Å². The Kier molecular flexibility index (Phi) is 6.13. The molecule has 0 spiro atoms. The van der Waals surface area contributed by atoms with E-state index in [4.69, 9.17) is 14.2 Å². The molecule has 3 fully saturated rings. The van der Waals surface area contributed by atoms with Crippen LogP contribution in [0.4, 0.5) is 14.5 Å². The topological polar surface area (TPSA) is 82.9 Å². The Bertz CT molecular complexity index is 1430. The van der Waals surface area contributed by atoms with Crippen molar-refractivity contribution >= 4 is 26.3 Å². The highest BCUT2D eigenvalue weighted by Crippen LogP contribution is 2.34.